The molecule has 12 heteroatoms. The number of hydrogen-bond acceptors (Lipinski definition) is 9. The van der Waals surface area contributed by atoms with Gasteiger partial charge in [0.2, 0.25) is 10.0 Å². The van der Waals surface area contributed by atoms with Gasteiger partial charge in [0.05, 0.1) is 18.1 Å². The molecular weight excluding hydrogens is 468 g/mol. The molecule has 0 aliphatic carbocycles. The van der Waals surface area contributed by atoms with Gasteiger partial charge in [0.15, 0.2) is 29.1 Å². The van der Waals surface area contributed by atoms with Gasteiger partial charge in [0.25, 0.3) is 5.91 Å². The number of hydrogen-bond donors (Lipinski definition) is 2. The molecule has 2 aromatic rings. The summed E-state index contributed by atoms with van der Waals surface area (Å²) >= 11 is 0. The summed E-state index contributed by atoms with van der Waals surface area (Å²) in [6, 6.07) is 9.07. The van der Waals surface area contributed by atoms with E-state index < -0.39 is 34.5 Å². The van der Waals surface area contributed by atoms with E-state index in [0.29, 0.717) is 61.5 Å². The number of carbonyl (C=O) groups excluding carboxylic acids is 2. The summed E-state index contributed by atoms with van der Waals surface area (Å²) in [7, 11) is -4.03. The lowest BCUT2D eigenvalue weighted by Gasteiger charge is -2.19. The minimum Gasteiger partial charge on any atom is -0.490 e. The van der Waals surface area contributed by atoms with Crippen LogP contribution in [0.1, 0.15) is 13.3 Å². The predicted octanol–water partition coefficient (Wildman–Crippen LogP) is 1.47. The van der Waals surface area contributed by atoms with Gasteiger partial charge < -0.3 is 29.0 Å². The SMILES string of the molecule is C[C@@H](OC(=O)CNS(=O)(=O)c1ccc2c(c1)OCCCO2)C(=O)Nc1ccc2c(c1)OCCO2. The van der Waals surface area contributed by atoms with Crippen LogP contribution in [0.5, 0.6) is 23.0 Å². The second kappa shape index (κ2) is 10.2. The van der Waals surface area contributed by atoms with Crippen molar-refractivity contribution in [2.24, 2.45) is 0 Å². The van der Waals surface area contributed by atoms with Crippen molar-refractivity contribution in [1.82, 2.24) is 4.72 Å². The van der Waals surface area contributed by atoms with Crippen LogP contribution in [-0.4, -0.2) is 59.4 Å². The zero-order valence-electron chi connectivity index (χ0n) is 18.4. The summed E-state index contributed by atoms with van der Waals surface area (Å²) in [5.74, 6) is 0.335. The summed E-state index contributed by atoms with van der Waals surface area (Å²) in [5, 5.41) is 2.61. The number of anilines is 1. The number of sulfonamides is 1. The average molecular weight is 493 g/mol. The van der Waals surface area contributed by atoms with Crippen molar-refractivity contribution in [3.05, 3.63) is 36.4 Å². The van der Waals surface area contributed by atoms with E-state index in [1.807, 2.05) is 0 Å². The van der Waals surface area contributed by atoms with Gasteiger partial charge >= 0.3 is 5.97 Å². The van der Waals surface area contributed by atoms with E-state index >= 15 is 0 Å². The second-order valence-electron chi connectivity index (χ2n) is 7.46. The summed E-state index contributed by atoms with van der Waals surface area (Å²) in [6.07, 6.45) is -0.482. The molecule has 0 spiro atoms. The zero-order chi connectivity index (χ0) is 24.1. The van der Waals surface area contributed by atoms with E-state index in [2.05, 4.69) is 10.0 Å². The third-order valence-corrected chi connectivity index (χ3v) is 6.32. The molecule has 2 aliphatic heterocycles. The first kappa shape index (κ1) is 23.6. The number of rotatable bonds is 7. The Morgan fingerprint density at radius 3 is 2.29 bits per heavy atom. The Morgan fingerprint density at radius 2 is 1.53 bits per heavy atom. The molecular formula is C22H24N2O9S. The summed E-state index contributed by atoms with van der Waals surface area (Å²) in [4.78, 5) is 24.4. The van der Waals surface area contributed by atoms with Crippen LogP contribution >= 0.6 is 0 Å². The smallest absolute Gasteiger partial charge is 0.321 e. The molecule has 2 N–H and O–H groups in total. The van der Waals surface area contributed by atoms with Crippen molar-refractivity contribution >= 4 is 27.6 Å². The number of fused-ring (bicyclic) bond motifs is 2. The average Bonchev–Trinajstić information content (AvgIpc) is 3.07. The fourth-order valence-corrected chi connectivity index (χ4v) is 4.19. The number of ether oxygens (including phenoxy) is 5. The minimum absolute atomic E-state index is 0.0889. The summed E-state index contributed by atoms with van der Waals surface area (Å²) in [5.41, 5.74) is 0.437. The maximum atomic E-state index is 12.6. The molecule has 0 unspecified atom stereocenters. The highest BCUT2D eigenvalue weighted by Gasteiger charge is 2.23. The zero-order valence-corrected chi connectivity index (χ0v) is 19.2. The van der Waals surface area contributed by atoms with Crippen molar-refractivity contribution in [3.63, 3.8) is 0 Å². The maximum absolute atomic E-state index is 12.6. The van der Waals surface area contributed by atoms with Gasteiger partial charge in [0, 0.05) is 24.2 Å². The molecule has 0 saturated heterocycles. The van der Waals surface area contributed by atoms with Crippen molar-refractivity contribution in [2.75, 3.05) is 38.3 Å². The molecule has 0 saturated carbocycles. The molecule has 2 heterocycles. The van der Waals surface area contributed by atoms with Crippen molar-refractivity contribution in [3.8, 4) is 23.0 Å². The molecule has 4 rings (SSSR count). The van der Waals surface area contributed by atoms with Gasteiger partial charge in [-0.05, 0) is 31.2 Å². The first-order valence-electron chi connectivity index (χ1n) is 10.6. The van der Waals surface area contributed by atoms with Gasteiger partial charge in [-0.3, -0.25) is 9.59 Å². The van der Waals surface area contributed by atoms with Crippen LogP contribution < -0.4 is 29.0 Å². The summed E-state index contributed by atoms with van der Waals surface area (Å²) < 4.78 is 54.2. The van der Waals surface area contributed by atoms with E-state index in [1.54, 1.807) is 18.2 Å². The Balaban J connectivity index is 1.30. The van der Waals surface area contributed by atoms with Gasteiger partial charge in [-0.15, -0.1) is 0 Å². The first-order chi connectivity index (χ1) is 16.3. The standard InChI is InChI=1S/C22H24N2O9S/c1-14(22(26)24-15-3-5-17-19(11-15)32-10-9-31-17)33-21(25)13-23-34(27,28)16-4-6-18-20(12-16)30-8-2-7-29-18/h3-6,11-12,14,23H,2,7-10,13H2,1H3,(H,24,26)/t14-/m1/s1. The Hall–Kier alpha value is -3.51. The molecule has 0 radical (unpaired) electrons. The van der Waals surface area contributed by atoms with Gasteiger partial charge in [-0.2, -0.15) is 4.72 Å². The quantitative estimate of drug-likeness (QED) is 0.550. The third kappa shape index (κ3) is 5.69. The Morgan fingerprint density at radius 1 is 0.912 bits per heavy atom. The summed E-state index contributed by atoms with van der Waals surface area (Å²) in [6.45, 7) is 2.46. The third-order valence-electron chi connectivity index (χ3n) is 4.92. The fourth-order valence-electron chi connectivity index (χ4n) is 3.21. The van der Waals surface area contributed by atoms with Gasteiger partial charge in [-0.25, -0.2) is 8.42 Å². The molecule has 34 heavy (non-hydrogen) atoms. The van der Waals surface area contributed by atoms with E-state index in [4.69, 9.17) is 23.7 Å². The monoisotopic (exact) mass is 492 g/mol. The molecule has 2 aromatic carbocycles. The van der Waals surface area contributed by atoms with Crippen LogP contribution in [0.15, 0.2) is 41.3 Å². The molecule has 0 fully saturated rings. The predicted molar refractivity (Wildman–Crippen MR) is 119 cm³/mol. The van der Waals surface area contributed by atoms with E-state index in [-0.39, 0.29) is 4.90 Å². The van der Waals surface area contributed by atoms with Crippen LogP contribution in [0.3, 0.4) is 0 Å². The van der Waals surface area contributed by atoms with Crippen LogP contribution in [-0.2, 0) is 24.3 Å². The lowest BCUT2D eigenvalue weighted by molar-refractivity contribution is -0.151. The van der Waals surface area contributed by atoms with Crippen LogP contribution in [0, 0.1) is 0 Å². The fraction of sp³-hybridized carbons (Fsp3) is 0.364. The lowest BCUT2D eigenvalue weighted by Crippen LogP contribution is -2.35. The van der Waals surface area contributed by atoms with Gasteiger partial charge in [-0.1, -0.05) is 0 Å². The molecule has 1 amide bonds. The lowest BCUT2D eigenvalue weighted by atomic mass is 10.2. The van der Waals surface area contributed by atoms with Gasteiger partial charge in [0.1, 0.15) is 19.8 Å². The Bertz CT molecular complexity index is 1180. The number of nitrogens with one attached hydrogen (secondary N) is 2. The van der Waals surface area contributed by atoms with E-state index in [0.717, 1.165) is 0 Å². The molecule has 2 aliphatic rings. The number of amides is 1. The van der Waals surface area contributed by atoms with E-state index in [1.165, 1.54) is 25.1 Å². The Labute approximate surface area is 196 Å². The molecule has 11 nitrogen and oxygen atoms in total. The highest BCUT2D eigenvalue weighted by molar-refractivity contribution is 7.89. The van der Waals surface area contributed by atoms with Crippen molar-refractivity contribution < 1.29 is 41.7 Å². The number of esters is 1. The molecule has 0 bridgehead atoms. The van der Waals surface area contributed by atoms with E-state index in [9.17, 15) is 18.0 Å². The molecule has 1 atom stereocenters. The highest BCUT2D eigenvalue weighted by Crippen LogP contribution is 2.33. The Kier molecular flexibility index (Phi) is 7.08. The second-order valence-corrected chi connectivity index (χ2v) is 9.23. The maximum Gasteiger partial charge on any atom is 0.321 e. The minimum atomic E-state index is -4.03. The largest absolute Gasteiger partial charge is 0.490 e. The van der Waals surface area contributed by atoms with Crippen molar-refractivity contribution in [2.45, 2.75) is 24.3 Å². The highest BCUT2D eigenvalue weighted by atomic mass is 32.2. The van der Waals surface area contributed by atoms with Crippen LogP contribution in [0.2, 0.25) is 0 Å². The number of carbonyl (C=O) groups is 2. The first-order valence-corrected chi connectivity index (χ1v) is 12.1. The normalized spacial score (nSPS) is 15.6. The topological polar surface area (TPSA) is 138 Å². The van der Waals surface area contributed by atoms with Crippen LogP contribution in [0.4, 0.5) is 5.69 Å². The molecule has 0 aromatic heterocycles. The van der Waals surface area contributed by atoms with Crippen LogP contribution in [0.25, 0.3) is 0 Å². The van der Waals surface area contributed by atoms with Crippen molar-refractivity contribution in [1.29, 1.82) is 0 Å². The molecule has 182 valence electrons. The number of benzene rings is 2.